The summed E-state index contributed by atoms with van der Waals surface area (Å²) in [4.78, 5) is 8.49. The van der Waals surface area contributed by atoms with Gasteiger partial charge in [0, 0.05) is 37.8 Å². The second kappa shape index (κ2) is 8.34. The molecule has 0 radical (unpaired) electrons. The first kappa shape index (κ1) is 17.8. The van der Waals surface area contributed by atoms with Crippen LogP contribution in [0.5, 0.6) is 5.88 Å². The van der Waals surface area contributed by atoms with Crippen LogP contribution in [0.4, 0.5) is 0 Å². The van der Waals surface area contributed by atoms with Crippen LogP contribution in [0.15, 0.2) is 53.7 Å². The van der Waals surface area contributed by atoms with Crippen LogP contribution in [-0.2, 0) is 12.0 Å². The molecule has 0 aliphatic carbocycles. The summed E-state index contributed by atoms with van der Waals surface area (Å²) in [5, 5.41) is 6.70. The van der Waals surface area contributed by atoms with E-state index in [1.807, 2.05) is 18.2 Å². The molecule has 2 rings (SSSR count). The van der Waals surface area contributed by atoms with E-state index in [0.717, 1.165) is 18.1 Å². The molecule has 0 aliphatic heterocycles. The number of rotatable bonds is 6. The normalized spacial score (nSPS) is 11.9. The zero-order valence-electron chi connectivity index (χ0n) is 14.8. The van der Waals surface area contributed by atoms with Gasteiger partial charge in [0.05, 0.1) is 7.11 Å². The van der Waals surface area contributed by atoms with E-state index in [9.17, 15) is 0 Å². The maximum atomic E-state index is 5.07. The van der Waals surface area contributed by atoms with Crippen LogP contribution >= 0.6 is 0 Å². The number of ether oxygens (including phenoxy) is 1. The van der Waals surface area contributed by atoms with Crippen molar-refractivity contribution >= 4 is 5.96 Å². The van der Waals surface area contributed by atoms with Crippen molar-refractivity contribution in [2.45, 2.75) is 25.8 Å². The molecular weight excluding hydrogens is 300 g/mol. The fourth-order valence-electron chi connectivity index (χ4n) is 2.34. The summed E-state index contributed by atoms with van der Waals surface area (Å²) in [5.74, 6) is 1.39. The lowest BCUT2D eigenvalue weighted by molar-refractivity contribution is 0.397. The molecule has 0 aliphatic rings. The van der Waals surface area contributed by atoms with Crippen molar-refractivity contribution in [3.05, 3.63) is 59.8 Å². The first-order valence-corrected chi connectivity index (χ1v) is 8.04. The van der Waals surface area contributed by atoms with Crippen LogP contribution in [0.25, 0.3) is 0 Å². The second-order valence-electron chi connectivity index (χ2n) is 6.24. The van der Waals surface area contributed by atoms with E-state index < -0.39 is 0 Å². The van der Waals surface area contributed by atoms with Crippen LogP contribution in [0.3, 0.4) is 0 Å². The Morgan fingerprint density at radius 2 is 1.88 bits per heavy atom. The summed E-state index contributed by atoms with van der Waals surface area (Å²) < 4.78 is 5.07. The smallest absolute Gasteiger partial charge is 0.212 e. The molecule has 5 heteroatoms. The molecule has 0 saturated heterocycles. The predicted octanol–water partition coefficient (Wildman–Crippen LogP) is 2.73. The Kier molecular flexibility index (Phi) is 6.18. The predicted molar refractivity (Wildman–Crippen MR) is 98.5 cm³/mol. The maximum absolute atomic E-state index is 5.07. The topological polar surface area (TPSA) is 58.5 Å². The molecule has 0 bridgehead atoms. The Hall–Kier alpha value is -2.56. The zero-order chi connectivity index (χ0) is 17.4. The highest BCUT2D eigenvalue weighted by molar-refractivity contribution is 5.79. The first-order valence-electron chi connectivity index (χ1n) is 8.04. The molecule has 2 aromatic rings. The van der Waals surface area contributed by atoms with Gasteiger partial charge in [0.15, 0.2) is 5.96 Å². The van der Waals surface area contributed by atoms with E-state index in [1.165, 1.54) is 5.56 Å². The molecule has 5 nitrogen and oxygen atoms in total. The summed E-state index contributed by atoms with van der Waals surface area (Å²) >= 11 is 0. The maximum Gasteiger partial charge on any atom is 0.212 e. The number of aliphatic imine (C=N–C) groups is 1. The highest BCUT2D eigenvalue weighted by Gasteiger charge is 2.20. The number of hydrogen-bond acceptors (Lipinski definition) is 3. The van der Waals surface area contributed by atoms with Crippen molar-refractivity contribution in [2.75, 3.05) is 20.7 Å². The molecule has 1 heterocycles. The van der Waals surface area contributed by atoms with Crippen molar-refractivity contribution in [3.8, 4) is 5.88 Å². The van der Waals surface area contributed by atoms with Crippen LogP contribution in [-0.4, -0.2) is 31.6 Å². The molecule has 0 saturated carbocycles. The molecule has 128 valence electrons. The number of guanidine groups is 1. The molecule has 0 fully saturated rings. The Labute approximate surface area is 144 Å². The highest BCUT2D eigenvalue weighted by Crippen LogP contribution is 2.21. The van der Waals surface area contributed by atoms with Crippen molar-refractivity contribution in [1.82, 2.24) is 15.6 Å². The number of aromatic nitrogens is 1. The molecule has 1 aromatic carbocycles. The average molecular weight is 326 g/mol. The Balaban J connectivity index is 1.88. The highest BCUT2D eigenvalue weighted by atomic mass is 16.5. The lowest BCUT2D eigenvalue weighted by atomic mass is 9.85. The Bertz CT molecular complexity index is 651. The molecule has 0 atom stereocenters. The monoisotopic (exact) mass is 326 g/mol. The largest absolute Gasteiger partial charge is 0.481 e. The number of methoxy groups -OCH3 is 1. The van der Waals surface area contributed by atoms with Gasteiger partial charge in [0.2, 0.25) is 5.88 Å². The van der Waals surface area contributed by atoms with E-state index in [0.29, 0.717) is 12.4 Å². The lowest BCUT2D eigenvalue weighted by Gasteiger charge is -2.26. The molecule has 0 amide bonds. The third-order valence-electron chi connectivity index (χ3n) is 3.94. The first-order chi connectivity index (χ1) is 11.5. The third-order valence-corrected chi connectivity index (χ3v) is 3.94. The lowest BCUT2D eigenvalue weighted by Crippen LogP contribution is -2.43. The number of pyridine rings is 1. The number of nitrogens with one attached hydrogen (secondary N) is 2. The van der Waals surface area contributed by atoms with Gasteiger partial charge in [-0.05, 0) is 11.1 Å². The zero-order valence-corrected chi connectivity index (χ0v) is 14.8. The van der Waals surface area contributed by atoms with Gasteiger partial charge < -0.3 is 15.4 Å². The molecular formula is C19H26N4O. The van der Waals surface area contributed by atoms with Gasteiger partial charge >= 0.3 is 0 Å². The van der Waals surface area contributed by atoms with Gasteiger partial charge in [-0.25, -0.2) is 4.98 Å². The fraction of sp³-hybridized carbons (Fsp3) is 0.368. The standard InChI is InChI=1S/C19H26N4O/c1-19(2,16-8-6-5-7-9-16)14-23-18(20-3)22-13-15-10-11-17(24-4)21-12-15/h5-12H,13-14H2,1-4H3,(H2,20,22,23). The molecule has 0 spiro atoms. The average Bonchev–Trinajstić information content (AvgIpc) is 2.63. The minimum atomic E-state index is 0.0144. The molecule has 1 aromatic heterocycles. The molecule has 24 heavy (non-hydrogen) atoms. The minimum absolute atomic E-state index is 0.0144. The summed E-state index contributed by atoms with van der Waals surface area (Å²) in [6, 6.07) is 14.3. The van der Waals surface area contributed by atoms with E-state index in [4.69, 9.17) is 4.74 Å². The van der Waals surface area contributed by atoms with Crippen LogP contribution < -0.4 is 15.4 Å². The van der Waals surface area contributed by atoms with Crippen molar-refractivity contribution in [3.63, 3.8) is 0 Å². The summed E-state index contributed by atoms with van der Waals surface area (Å²) in [6.45, 7) is 5.88. The van der Waals surface area contributed by atoms with E-state index in [1.54, 1.807) is 20.4 Å². The number of nitrogens with zero attached hydrogens (tertiary/aromatic N) is 2. The minimum Gasteiger partial charge on any atom is -0.481 e. The van der Waals surface area contributed by atoms with Crippen molar-refractivity contribution in [1.29, 1.82) is 0 Å². The summed E-state index contributed by atoms with van der Waals surface area (Å²) in [5.41, 5.74) is 2.38. The molecule has 0 unspecified atom stereocenters. The Morgan fingerprint density at radius 3 is 2.46 bits per heavy atom. The number of benzene rings is 1. The quantitative estimate of drug-likeness (QED) is 0.633. The Morgan fingerprint density at radius 1 is 1.12 bits per heavy atom. The van der Waals surface area contributed by atoms with Gasteiger partial charge in [-0.1, -0.05) is 50.2 Å². The molecule has 2 N–H and O–H groups in total. The van der Waals surface area contributed by atoms with Gasteiger partial charge in [0.1, 0.15) is 0 Å². The van der Waals surface area contributed by atoms with Gasteiger partial charge in [-0.15, -0.1) is 0 Å². The fourth-order valence-corrected chi connectivity index (χ4v) is 2.34. The van der Waals surface area contributed by atoms with E-state index >= 15 is 0 Å². The van der Waals surface area contributed by atoms with Crippen molar-refractivity contribution < 1.29 is 4.74 Å². The third kappa shape index (κ3) is 4.98. The van der Waals surface area contributed by atoms with E-state index in [-0.39, 0.29) is 5.41 Å². The summed E-state index contributed by atoms with van der Waals surface area (Å²) in [7, 11) is 3.39. The number of hydrogen-bond donors (Lipinski definition) is 2. The van der Waals surface area contributed by atoms with Crippen LogP contribution in [0.2, 0.25) is 0 Å². The van der Waals surface area contributed by atoms with E-state index in [2.05, 4.69) is 58.7 Å². The summed E-state index contributed by atoms with van der Waals surface area (Å²) in [6.07, 6.45) is 1.80. The van der Waals surface area contributed by atoms with Crippen molar-refractivity contribution in [2.24, 2.45) is 4.99 Å². The van der Waals surface area contributed by atoms with Gasteiger partial charge in [-0.3, -0.25) is 4.99 Å². The van der Waals surface area contributed by atoms with Gasteiger partial charge in [0.25, 0.3) is 0 Å². The second-order valence-corrected chi connectivity index (χ2v) is 6.24. The van der Waals surface area contributed by atoms with Crippen LogP contribution in [0.1, 0.15) is 25.0 Å². The SMILES string of the molecule is CN=C(NCc1ccc(OC)nc1)NCC(C)(C)c1ccccc1. The van der Waals surface area contributed by atoms with Crippen LogP contribution in [0, 0.1) is 0 Å². The van der Waals surface area contributed by atoms with Gasteiger partial charge in [-0.2, -0.15) is 0 Å².